The van der Waals surface area contributed by atoms with E-state index in [9.17, 15) is 0 Å². The molecular weight excluding hydrogens is 232 g/mol. The molecule has 0 aliphatic heterocycles. The van der Waals surface area contributed by atoms with Crippen molar-refractivity contribution in [2.24, 2.45) is 0 Å². The van der Waals surface area contributed by atoms with Gasteiger partial charge in [-0.3, -0.25) is 0 Å². The molecule has 0 aliphatic rings. The third-order valence-corrected chi connectivity index (χ3v) is 0. The summed E-state index contributed by atoms with van der Waals surface area (Å²) in [5.41, 5.74) is 0. The predicted octanol–water partition coefficient (Wildman–Crippen LogP) is -2.57. The van der Waals surface area contributed by atoms with Crippen molar-refractivity contribution in [2.75, 3.05) is 0 Å². The molecule has 0 unspecified atom stereocenters. The summed E-state index contributed by atoms with van der Waals surface area (Å²) in [5.74, 6) is 0. The monoisotopic (exact) mass is 238 g/mol. The van der Waals surface area contributed by atoms with Gasteiger partial charge in [0.25, 0.3) is 0 Å². The molecule has 0 aromatic heterocycles. The van der Waals surface area contributed by atoms with Crippen LogP contribution < -0.4 is 0 Å². The van der Waals surface area contributed by atoms with E-state index in [4.69, 9.17) is 4.19 Å². The zero-order valence-corrected chi connectivity index (χ0v) is 5.08. The number of rotatable bonds is 0. The van der Waals surface area contributed by atoms with Gasteiger partial charge in [-0.1, -0.05) is 0 Å². The fraction of sp³-hybridized carbons (Fsp3) is 0. The first-order valence-electron chi connectivity index (χ1n) is 0.158. The van der Waals surface area contributed by atoms with Crippen LogP contribution in [0.1, 0.15) is 0 Å². The van der Waals surface area contributed by atoms with E-state index in [1.807, 2.05) is 0 Å². The summed E-state index contributed by atoms with van der Waals surface area (Å²) in [5, 5.41) is 0. The van der Waals surface area contributed by atoms with Crippen LogP contribution in [0.15, 0.2) is 0 Å². The molecule has 3 N–H and O–H groups in total. The van der Waals surface area contributed by atoms with E-state index in [0.29, 0.717) is 0 Å². The molecule has 0 bridgehead atoms. The normalized spacial score (nSPS) is 1.00. The molecule has 0 rings (SSSR count). The Morgan fingerprint density at radius 1 is 1.17 bits per heavy atom. The van der Waals surface area contributed by atoms with Crippen LogP contribution in [0.3, 0.4) is 0 Å². The second kappa shape index (κ2) is 63.9. The van der Waals surface area contributed by atoms with Crippen molar-refractivity contribution in [1.82, 2.24) is 0 Å². The SMILES string of the molecule is O.[AlH3].[Co].[Ni].[OH][Fe]. The summed E-state index contributed by atoms with van der Waals surface area (Å²) in [6.07, 6.45) is 0. The molecule has 0 aromatic carbocycles. The van der Waals surface area contributed by atoms with Crippen molar-refractivity contribution >= 4 is 17.4 Å². The Morgan fingerprint density at radius 3 is 1.17 bits per heavy atom. The zero-order valence-electron chi connectivity index (χ0n) is 1.95. The molecule has 0 saturated heterocycles. The van der Waals surface area contributed by atoms with Crippen LogP contribution in [0.2, 0.25) is 0 Å². The minimum atomic E-state index is 0. The number of hydrogen-bond donors (Lipinski definition) is 1. The maximum atomic E-state index is 6.75. The van der Waals surface area contributed by atoms with Gasteiger partial charge in [0, 0.05) is 33.3 Å². The first-order chi connectivity index (χ1) is 1.00. The Bertz CT molecular complexity index is 13.5. The molecule has 0 aromatic rings. The molecule has 0 spiro atoms. The topological polar surface area (TPSA) is 51.7 Å². The van der Waals surface area contributed by atoms with E-state index >= 15 is 0 Å². The van der Waals surface area contributed by atoms with Gasteiger partial charge in [0.15, 0.2) is 17.4 Å². The second-order valence-electron chi connectivity index (χ2n) is 0. The number of hydrogen-bond acceptors (Lipinski definition) is 1. The van der Waals surface area contributed by atoms with Gasteiger partial charge in [-0.2, -0.15) is 0 Å². The van der Waals surface area contributed by atoms with E-state index < -0.39 is 0 Å². The summed E-state index contributed by atoms with van der Waals surface area (Å²) in [4.78, 5) is 0. The van der Waals surface area contributed by atoms with Crippen LogP contribution in [0, 0.1) is 0 Å². The van der Waals surface area contributed by atoms with Gasteiger partial charge in [0.1, 0.15) is 0 Å². The van der Waals surface area contributed by atoms with E-state index in [1.54, 1.807) is 0 Å². The van der Waals surface area contributed by atoms with Crippen LogP contribution in [0.4, 0.5) is 0 Å². The maximum absolute atomic E-state index is 6.75. The Balaban J connectivity index is -0.000000000833. The third kappa shape index (κ3) is 38.0. The van der Waals surface area contributed by atoms with Gasteiger partial charge < -0.3 is 5.48 Å². The van der Waals surface area contributed by atoms with Crippen molar-refractivity contribution in [3.63, 3.8) is 0 Å². The van der Waals surface area contributed by atoms with Crippen LogP contribution in [0.25, 0.3) is 0 Å². The molecule has 48 valence electrons. The van der Waals surface area contributed by atoms with Crippen LogP contribution in [0.5, 0.6) is 0 Å². The molecule has 0 amide bonds. The Labute approximate surface area is 76.2 Å². The van der Waals surface area contributed by atoms with Crippen LogP contribution in [-0.4, -0.2) is 27.0 Å². The Kier molecular flexibility index (Phi) is 468. The average Bonchev–Trinajstić information content (AvgIpc) is 1.00. The molecule has 0 fully saturated rings. The van der Waals surface area contributed by atoms with Gasteiger partial charge in [0.2, 0.25) is 0 Å². The Morgan fingerprint density at radius 2 is 1.17 bits per heavy atom. The van der Waals surface area contributed by atoms with Gasteiger partial charge in [-0.05, 0) is 0 Å². The standard InChI is InChI=1S/Al.Co.Fe.Ni.2H2O.3H/h;;;;2*1H2;;;/q;;+1;;;;;;/p-1. The zero-order chi connectivity index (χ0) is 2.00. The predicted molar refractivity (Wildman–Crippen MR) is 15.8 cm³/mol. The van der Waals surface area contributed by atoms with E-state index in [2.05, 4.69) is 16.3 Å². The third-order valence-electron chi connectivity index (χ3n) is 0. The summed E-state index contributed by atoms with van der Waals surface area (Å²) in [6.45, 7) is 0. The van der Waals surface area contributed by atoms with Gasteiger partial charge in [-0.25, -0.2) is 0 Å². The van der Waals surface area contributed by atoms with Crippen LogP contribution in [-0.2, 0) is 49.6 Å². The van der Waals surface area contributed by atoms with Crippen molar-refractivity contribution in [3.8, 4) is 0 Å². The molecule has 6 heavy (non-hydrogen) atoms. The molecule has 2 nitrogen and oxygen atoms in total. The fourth-order valence-corrected chi connectivity index (χ4v) is 0. The fourth-order valence-electron chi connectivity index (χ4n) is 0. The van der Waals surface area contributed by atoms with E-state index in [0.717, 1.165) is 0 Å². The summed E-state index contributed by atoms with van der Waals surface area (Å²) < 4.78 is 6.75. The molecule has 0 saturated carbocycles. The molecule has 0 heterocycles. The van der Waals surface area contributed by atoms with Crippen molar-refractivity contribution in [1.29, 1.82) is 0 Å². The van der Waals surface area contributed by atoms with Gasteiger partial charge >= 0.3 is 20.5 Å². The van der Waals surface area contributed by atoms with E-state index in [-0.39, 0.29) is 56.1 Å². The average molecular weight is 238 g/mol. The van der Waals surface area contributed by atoms with Gasteiger partial charge in [-0.15, -0.1) is 0 Å². The van der Waals surface area contributed by atoms with E-state index in [1.165, 1.54) is 0 Å². The first kappa shape index (κ1) is 43.9. The summed E-state index contributed by atoms with van der Waals surface area (Å²) in [6, 6.07) is 0. The second-order valence-corrected chi connectivity index (χ2v) is 0. The summed E-state index contributed by atoms with van der Waals surface area (Å²) >= 11 is 2.25. The Hall–Kier alpha value is 1.97. The van der Waals surface area contributed by atoms with Crippen molar-refractivity contribution < 1.29 is 59.3 Å². The minimum absolute atomic E-state index is 0. The molecule has 6 heteroatoms. The van der Waals surface area contributed by atoms with Crippen molar-refractivity contribution in [3.05, 3.63) is 0 Å². The quantitative estimate of drug-likeness (QED) is 0.463. The first-order valence-corrected chi connectivity index (χ1v) is 0.652. The van der Waals surface area contributed by atoms with Crippen LogP contribution >= 0.6 is 0 Å². The summed E-state index contributed by atoms with van der Waals surface area (Å²) in [7, 11) is 0. The molecule has 1 radical (unpaired) electrons. The van der Waals surface area contributed by atoms with Gasteiger partial charge in [0.05, 0.1) is 0 Å². The molecule has 0 aliphatic carbocycles. The van der Waals surface area contributed by atoms with Crippen molar-refractivity contribution in [2.45, 2.75) is 0 Å². The molecule has 0 atom stereocenters. The molecular formula is H6AlCoFeNiO2.